The van der Waals surface area contributed by atoms with Crippen LogP contribution in [0.4, 0.5) is 5.69 Å². The lowest BCUT2D eigenvalue weighted by molar-refractivity contribution is -0.554. The van der Waals surface area contributed by atoms with Gasteiger partial charge in [0.05, 0.1) is 21.9 Å². The number of aromatic amines is 1. The van der Waals surface area contributed by atoms with Crippen molar-refractivity contribution in [3.05, 3.63) is 94.4 Å². The van der Waals surface area contributed by atoms with Crippen LogP contribution < -0.4 is 32.8 Å². The van der Waals surface area contributed by atoms with Crippen LogP contribution in [-0.4, -0.2) is 13.4 Å². The third-order valence-electron chi connectivity index (χ3n) is 5.90. The fourth-order valence-electron chi connectivity index (χ4n) is 3.97. The number of aromatic nitrogens is 2. The third kappa shape index (κ3) is 5.23. The van der Waals surface area contributed by atoms with E-state index in [9.17, 15) is 8.42 Å². The lowest BCUT2D eigenvalue weighted by Crippen LogP contribution is -3.00. The fraction of sp³-hybridized carbons (Fsp3) is 0.192. The molecule has 0 saturated carbocycles. The number of benzene rings is 3. The Balaban J connectivity index is 0.00000342. The van der Waals surface area contributed by atoms with E-state index in [0.717, 1.165) is 27.9 Å². The molecule has 0 aliphatic heterocycles. The molecule has 0 fully saturated rings. The highest BCUT2D eigenvalue weighted by atomic mass is 127. The number of anilines is 1. The molecule has 5 nitrogen and oxygen atoms in total. The second-order valence-corrected chi connectivity index (χ2v) is 10.5. The van der Waals surface area contributed by atoms with Crippen molar-refractivity contribution >= 4 is 55.6 Å². The number of rotatable bonds is 7. The van der Waals surface area contributed by atoms with Gasteiger partial charge in [0, 0.05) is 6.42 Å². The van der Waals surface area contributed by atoms with E-state index in [-0.39, 0.29) is 38.9 Å². The van der Waals surface area contributed by atoms with Crippen molar-refractivity contribution in [1.29, 1.82) is 0 Å². The van der Waals surface area contributed by atoms with Gasteiger partial charge in [-0.3, -0.25) is 0 Å². The zero-order valence-electron chi connectivity index (χ0n) is 19.6. The molecule has 9 heteroatoms. The minimum atomic E-state index is -4.09. The normalized spacial score (nSPS) is 12.0. The first-order chi connectivity index (χ1) is 16.3. The minimum Gasteiger partial charge on any atom is -1.00 e. The van der Waals surface area contributed by atoms with E-state index in [1.54, 1.807) is 36.5 Å². The van der Waals surface area contributed by atoms with Crippen LogP contribution in [-0.2, 0) is 16.4 Å². The van der Waals surface area contributed by atoms with E-state index in [0.29, 0.717) is 18.5 Å². The first-order valence-corrected chi connectivity index (χ1v) is 13.2. The molecule has 0 amide bonds. The van der Waals surface area contributed by atoms with Crippen molar-refractivity contribution in [2.45, 2.75) is 38.5 Å². The standard InChI is InChI=1S/C26H25Cl2N3O2S.HI/c1-4-19-15-24(26(28)25(27)18(19)3)34(32,33)31(21-11-7-6-8-12-21)16-20(5-2)30-17-29-22-13-9-10-14-23(22)30;/h6-17H,4-5H2,1-3H3;1H. The average molecular weight is 642 g/mol. The Hall–Kier alpha value is -2.07. The molecule has 184 valence electrons. The summed E-state index contributed by atoms with van der Waals surface area (Å²) in [6, 6.07) is 18.5. The summed E-state index contributed by atoms with van der Waals surface area (Å²) >= 11 is 13.0. The number of nitrogens with one attached hydrogen (secondary N) is 1. The van der Waals surface area contributed by atoms with Crippen LogP contribution in [0.3, 0.4) is 0 Å². The molecule has 0 aliphatic rings. The number of H-pyrrole nitrogens is 1. The molecule has 0 aliphatic carbocycles. The van der Waals surface area contributed by atoms with E-state index in [1.807, 2.05) is 62.0 Å². The Morgan fingerprint density at radius 2 is 1.69 bits per heavy atom. The van der Waals surface area contributed by atoms with Gasteiger partial charge in [-0.1, -0.05) is 67.4 Å². The summed E-state index contributed by atoms with van der Waals surface area (Å²) in [5, 5.41) is 0.293. The van der Waals surface area contributed by atoms with Gasteiger partial charge in [-0.15, -0.1) is 0 Å². The molecule has 3 aromatic carbocycles. The summed E-state index contributed by atoms with van der Waals surface area (Å²) < 4.78 is 31.4. The first kappa shape index (κ1) is 27.5. The maximum absolute atomic E-state index is 14.1. The number of halogens is 3. The molecule has 1 aromatic heterocycles. The zero-order chi connectivity index (χ0) is 24.5. The summed E-state index contributed by atoms with van der Waals surface area (Å²) in [7, 11) is -4.09. The predicted octanol–water partition coefficient (Wildman–Crippen LogP) is 3.74. The lowest BCUT2D eigenvalue weighted by atomic mass is 10.1. The molecule has 0 radical (unpaired) electrons. The Labute approximate surface area is 233 Å². The summed E-state index contributed by atoms with van der Waals surface area (Å²) in [6.45, 7) is 5.79. The monoisotopic (exact) mass is 641 g/mol. The third-order valence-corrected chi connectivity index (χ3v) is 8.69. The average Bonchev–Trinajstić information content (AvgIpc) is 3.28. The van der Waals surface area contributed by atoms with E-state index >= 15 is 0 Å². The molecule has 0 bridgehead atoms. The number of nitrogens with zero attached hydrogens (tertiary/aromatic N) is 2. The summed E-state index contributed by atoms with van der Waals surface area (Å²) in [5.74, 6) is 0. The van der Waals surface area contributed by atoms with Gasteiger partial charge in [0.15, 0.2) is 11.0 Å². The SMILES string of the molecule is CCC(=CN(c1ccccc1)S(=O)(=O)c1cc(CC)c(C)c(Cl)c1Cl)[n+]1c[nH]c2ccccc21.[I-]. The summed E-state index contributed by atoms with van der Waals surface area (Å²) in [4.78, 5) is 3.23. The van der Waals surface area contributed by atoms with Crippen molar-refractivity contribution < 1.29 is 37.0 Å². The molecular weight excluding hydrogens is 616 g/mol. The van der Waals surface area contributed by atoms with Gasteiger partial charge < -0.3 is 24.0 Å². The smallest absolute Gasteiger partial charge is 0.269 e. The van der Waals surface area contributed by atoms with Crippen LogP contribution in [0.15, 0.2) is 78.1 Å². The Morgan fingerprint density at radius 3 is 2.34 bits per heavy atom. The molecule has 35 heavy (non-hydrogen) atoms. The molecule has 1 N–H and O–H groups in total. The fourth-order valence-corrected chi connectivity index (χ4v) is 6.23. The predicted molar refractivity (Wildman–Crippen MR) is 140 cm³/mol. The van der Waals surface area contributed by atoms with Crippen LogP contribution in [0.2, 0.25) is 10.0 Å². The van der Waals surface area contributed by atoms with Gasteiger partial charge in [0.25, 0.3) is 10.0 Å². The number of aryl methyl sites for hydroxylation is 1. The summed E-state index contributed by atoms with van der Waals surface area (Å²) in [5.41, 5.74) is 4.82. The van der Waals surface area contributed by atoms with Gasteiger partial charge in [-0.25, -0.2) is 17.7 Å². The van der Waals surface area contributed by atoms with E-state index in [1.165, 1.54) is 4.31 Å². The van der Waals surface area contributed by atoms with Crippen LogP contribution in [0, 0.1) is 6.92 Å². The molecular formula is C26H26Cl2IN3O2S. The molecule has 0 spiro atoms. The Bertz CT molecular complexity index is 1490. The van der Waals surface area contributed by atoms with Crippen molar-refractivity contribution in [2.75, 3.05) is 4.31 Å². The number of imidazole rings is 1. The molecule has 4 aromatic rings. The maximum Gasteiger partial charge on any atom is 0.269 e. The number of hydrogen-bond donors (Lipinski definition) is 1. The quantitative estimate of drug-likeness (QED) is 0.247. The molecule has 0 unspecified atom stereocenters. The highest BCUT2D eigenvalue weighted by molar-refractivity contribution is 7.93. The largest absolute Gasteiger partial charge is 1.00 e. The number of para-hydroxylation sites is 3. The van der Waals surface area contributed by atoms with Crippen LogP contribution in [0.25, 0.3) is 16.7 Å². The number of fused-ring (bicyclic) bond motifs is 1. The Morgan fingerprint density at radius 1 is 1.03 bits per heavy atom. The zero-order valence-corrected chi connectivity index (χ0v) is 24.1. The van der Waals surface area contributed by atoms with Crippen molar-refractivity contribution in [3.8, 4) is 0 Å². The second-order valence-electron chi connectivity index (χ2n) is 7.91. The minimum absolute atomic E-state index is 0. The molecule has 0 atom stereocenters. The molecule has 4 rings (SSSR count). The number of hydrogen-bond acceptors (Lipinski definition) is 2. The van der Waals surface area contributed by atoms with E-state index < -0.39 is 10.0 Å². The van der Waals surface area contributed by atoms with Gasteiger partial charge >= 0.3 is 0 Å². The van der Waals surface area contributed by atoms with Crippen molar-refractivity contribution in [3.63, 3.8) is 0 Å². The molecule has 0 saturated heterocycles. The Kier molecular flexibility index (Phi) is 8.91. The van der Waals surface area contributed by atoms with Gasteiger partial charge in [-0.2, -0.15) is 4.57 Å². The highest BCUT2D eigenvalue weighted by Crippen LogP contribution is 2.37. The number of sulfonamides is 1. The van der Waals surface area contributed by atoms with Gasteiger partial charge in [0.2, 0.25) is 6.33 Å². The second kappa shape index (κ2) is 11.3. The molecule has 1 heterocycles. The van der Waals surface area contributed by atoms with Crippen LogP contribution in [0.1, 0.15) is 31.4 Å². The number of allylic oxidation sites excluding steroid dienone is 1. The van der Waals surface area contributed by atoms with Gasteiger partial charge in [-0.05, 0) is 54.8 Å². The highest BCUT2D eigenvalue weighted by Gasteiger charge is 2.30. The van der Waals surface area contributed by atoms with Crippen molar-refractivity contribution in [1.82, 2.24) is 4.98 Å². The topological polar surface area (TPSA) is 57.1 Å². The van der Waals surface area contributed by atoms with Crippen molar-refractivity contribution in [2.24, 2.45) is 0 Å². The van der Waals surface area contributed by atoms with Crippen LogP contribution >= 0.6 is 23.2 Å². The summed E-state index contributed by atoms with van der Waals surface area (Å²) in [6.07, 6.45) is 4.72. The van der Waals surface area contributed by atoms with Crippen LogP contribution in [0.5, 0.6) is 0 Å². The maximum atomic E-state index is 14.1. The van der Waals surface area contributed by atoms with E-state index in [4.69, 9.17) is 23.2 Å². The van der Waals surface area contributed by atoms with E-state index in [2.05, 4.69) is 4.98 Å². The first-order valence-electron chi connectivity index (χ1n) is 11.0. The lowest BCUT2D eigenvalue weighted by Gasteiger charge is -2.23. The van der Waals surface area contributed by atoms with Gasteiger partial charge in [0.1, 0.15) is 10.6 Å².